The lowest BCUT2D eigenvalue weighted by Gasteiger charge is -2.06. The molecule has 0 radical (unpaired) electrons. The smallest absolute Gasteiger partial charge is 0.231 e. The summed E-state index contributed by atoms with van der Waals surface area (Å²) in [6, 6.07) is 25.6. The number of rotatable bonds is 2. The zero-order valence-electron chi connectivity index (χ0n) is 13.7. The topological polar surface area (TPSA) is 38.9 Å². The maximum atomic E-state index is 6.16. The van der Waals surface area contributed by atoms with Crippen LogP contribution in [0, 0.1) is 0 Å². The molecule has 26 heavy (non-hydrogen) atoms. The molecule has 0 aliphatic rings. The molecule has 2 aromatic heterocycles. The number of benzene rings is 3. The first-order chi connectivity index (χ1) is 12.8. The Bertz CT molecular complexity index is 1250. The van der Waals surface area contributed by atoms with Crippen molar-refractivity contribution in [2.45, 2.75) is 0 Å². The Hall–Kier alpha value is -3.17. The number of nitrogens with zero attached hydrogens (tertiary/aromatic N) is 2. The van der Waals surface area contributed by atoms with Crippen molar-refractivity contribution in [3.05, 3.63) is 83.9 Å². The minimum atomic E-state index is 0.579. The van der Waals surface area contributed by atoms with E-state index in [9.17, 15) is 0 Å². The molecule has 0 unspecified atom stereocenters. The second-order valence-corrected chi connectivity index (χ2v) is 6.49. The van der Waals surface area contributed by atoms with E-state index < -0.39 is 0 Å². The van der Waals surface area contributed by atoms with Gasteiger partial charge in [-0.2, -0.15) is 4.98 Å². The van der Waals surface area contributed by atoms with Crippen LogP contribution < -0.4 is 0 Å². The summed E-state index contributed by atoms with van der Waals surface area (Å²) in [4.78, 5) is 9.55. The second kappa shape index (κ2) is 5.97. The third-order valence-corrected chi connectivity index (χ3v) is 4.60. The normalized spacial score (nSPS) is 11.3. The van der Waals surface area contributed by atoms with Crippen LogP contribution in [0.4, 0.5) is 0 Å². The van der Waals surface area contributed by atoms with E-state index in [2.05, 4.69) is 4.98 Å². The molecular formula is C22H13ClN2O. The molecule has 2 heterocycles. The Morgan fingerprint density at radius 2 is 1.50 bits per heavy atom. The van der Waals surface area contributed by atoms with E-state index >= 15 is 0 Å². The quantitative estimate of drug-likeness (QED) is 0.369. The van der Waals surface area contributed by atoms with Crippen molar-refractivity contribution in [3.8, 4) is 22.6 Å². The molecule has 0 fully saturated rings. The molecule has 0 saturated heterocycles. The van der Waals surface area contributed by atoms with Gasteiger partial charge >= 0.3 is 0 Å². The lowest BCUT2D eigenvalue weighted by molar-refractivity contribution is 0.653. The molecule has 0 spiro atoms. The molecular weight excluding hydrogens is 344 g/mol. The SMILES string of the molecule is Clc1cccc(-c2nc(-c3ccccc3)c3c(n2)oc2ccccc23)c1. The van der Waals surface area contributed by atoms with Crippen LogP contribution >= 0.6 is 11.6 Å². The Morgan fingerprint density at radius 3 is 2.35 bits per heavy atom. The first-order valence-electron chi connectivity index (χ1n) is 8.30. The predicted octanol–water partition coefficient (Wildman–Crippen LogP) is 6.36. The van der Waals surface area contributed by atoms with Crippen molar-refractivity contribution in [2.24, 2.45) is 0 Å². The maximum Gasteiger partial charge on any atom is 0.231 e. The molecule has 3 aromatic carbocycles. The Morgan fingerprint density at radius 1 is 0.731 bits per heavy atom. The monoisotopic (exact) mass is 356 g/mol. The number of halogens is 1. The van der Waals surface area contributed by atoms with Crippen LogP contribution in [0.25, 0.3) is 44.7 Å². The van der Waals surface area contributed by atoms with Crippen LogP contribution in [0.1, 0.15) is 0 Å². The van der Waals surface area contributed by atoms with Gasteiger partial charge in [0.1, 0.15) is 5.58 Å². The zero-order chi connectivity index (χ0) is 17.5. The summed E-state index contributed by atoms with van der Waals surface area (Å²) in [5.41, 5.74) is 4.12. The van der Waals surface area contributed by atoms with Crippen molar-refractivity contribution in [3.63, 3.8) is 0 Å². The van der Waals surface area contributed by atoms with Crippen LogP contribution in [0.3, 0.4) is 0 Å². The molecule has 5 aromatic rings. The van der Waals surface area contributed by atoms with E-state index in [1.54, 1.807) is 0 Å². The highest BCUT2D eigenvalue weighted by molar-refractivity contribution is 6.30. The Kier molecular flexibility index (Phi) is 3.47. The van der Waals surface area contributed by atoms with E-state index in [4.69, 9.17) is 21.0 Å². The van der Waals surface area contributed by atoms with Crippen LogP contribution in [-0.2, 0) is 0 Å². The van der Waals surface area contributed by atoms with Gasteiger partial charge in [-0.3, -0.25) is 0 Å². The molecule has 3 nitrogen and oxygen atoms in total. The number of furan rings is 1. The summed E-state index contributed by atoms with van der Waals surface area (Å²) in [5, 5.41) is 2.59. The molecule has 0 atom stereocenters. The van der Waals surface area contributed by atoms with Crippen LogP contribution in [-0.4, -0.2) is 9.97 Å². The minimum absolute atomic E-state index is 0.579. The Labute approximate surface area is 154 Å². The van der Waals surface area contributed by atoms with Gasteiger partial charge in [-0.1, -0.05) is 72.3 Å². The van der Waals surface area contributed by atoms with Gasteiger partial charge in [0, 0.05) is 21.5 Å². The number of fused-ring (bicyclic) bond motifs is 3. The fraction of sp³-hybridized carbons (Fsp3) is 0. The van der Waals surface area contributed by atoms with Crippen LogP contribution in [0.15, 0.2) is 83.3 Å². The van der Waals surface area contributed by atoms with Crippen molar-refractivity contribution >= 4 is 33.7 Å². The Balaban J connectivity index is 1.89. The fourth-order valence-electron chi connectivity index (χ4n) is 3.18. The lowest BCUT2D eigenvalue weighted by Crippen LogP contribution is -1.93. The summed E-state index contributed by atoms with van der Waals surface area (Å²) >= 11 is 6.16. The summed E-state index contributed by atoms with van der Waals surface area (Å²) in [6.45, 7) is 0. The molecule has 0 aliphatic heterocycles. The highest BCUT2D eigenvalue weighted by Gasteiger charge is 2.17. The zero-order valence-corrected chi connectivity index (χ0v) is 14.4. The van der Waals surface area contributed by atoms with Gasteiger partial charge in [0.25, 0.3) is 0 Å². The van der Waals surface area contributed by atoms with Gasteiger partial charge in [-0.05, 0) is 18.2 Å². The van der Waals surface area contributed by atoms with Crippen molar-refractivity contribution in [2.75, 3.05) is 0 Å². The van der Waals surface area contributed by atoms with Crippen molar-refractivity contribution in [1.82, 2.24) is 9.97 Å². The van der Waals surface area contributed by atoms with Gasteiger partial charge in [0.2, 0.25) is 5.71 Å². The molecule has 0 bridgehead atoms. The highest BCUT2D eigenvalue weighted by Crippen LogP contribution is 2.36. The molecule has 0 aliphatic carbocycles. The number of aromatic nitrogens is 2. The third kappa shape index (κ3) is 2.45. The summed E-state index contributed by atoms with van der Waals surface area (Å²) in [6.07, 6.45) is 0. The average molecular weight is 357 g/mol. The molecule has 124 valence electrons. The van der Waals surface area contributed by atoms with Gasteiger partial charge in [-0.15, -0.1) is 0 Å². The van der Waals surface area contributed by atoms with E-state index in [0.29, 0.717) is 16.6 Å². The first-order valence-corrected chi connectivity index (χ1v) is 8.68. The van der Waals surface area contributed by atoms with Crippen LogP contribution in [0.5, 0.6) is 0 Å². The minimum Gasteiger partial charge on any atom is -0.438 e. The van der Waals surface area contributed by atoms with Gasteiger partial charge in [-0.25, -0.2) is 4.98 Å². The molecule has 0 amide bonds. The molecule has 0 N–H and O–H groups in total. The van der Waals surface area contributed by atoms with Crippen LogP contribution in [0.2, 0.25) is 5.02 Å². The summed E-state index contributed by atoms with van der Waals surface area (Å²) < 4.78 is 6.02. The van der Waals surface area contributed by atoms with Gasteiger partial charge in [0.15, 0.2) is 5.82 Å². The van der Waals surface area contributed by atoms with Crippen molar-refractivity contribution in [1.29, 1.82) is 0 Å². The molecule has 5 rings (SSSR count). The average Bonchev–Trinajstić information content (AvgIpc) is 3.06. The summed E-state index contributed by atoms with van der Waals surface area (Å²) in [7, 11) is 0. The fourth-order valence-corrected chi connectivity index (χ4v) is 3.37. The van der Waals surface area contributed by atoms with Gasteiger partial charge in [0.05, 0.1) is 11.1 Å². The summed E-state index contributed by atoms with van der Waals surface area (Å²) in [5.74, 6) is 0.595. The second-order valence-electron chi connectivity index (χ2n) is 6.05. The van der Waals surface area contributed by atoms with E-state index in [-0.39, 0.29) is 0 Å². The largest absolute Gasteiger partial charge is 0.438 e. The lowest BCUT2D eigenvalue weighted by atomic mass is 10.1. The van der Waals surface area contributed by atoms with E-state index in [0.717, 1.165) is 33.2 Å². The molecule has 0 saturated carbocycles. The van der Waals surface area contributed by atoms with Gasteiger partial charge < -0.3 is 4.42 Å². The van der Waals surface area contributed by atoms with E-state index in [1.165, 1.54) is 0 Å². The standard InChI is InChI=1S/C22H13ClN2O/c23-16-10-6-9-15(13-16)21-24-20(14-7-2-1-3-8-14)19-17-11-4-5-12-18(17)26-22(19)25-21/h1-13H. The number of hydrogen-bond donors (Lipinski definition) is 0. The first kappa shape index (κ1) is 15.1. The number of hydrogen-bond acceptors (Lipinski definition) is 3. The maximum absolute atomic E-state index is 6.16. The number of para-hydroxylation sites is 1. The highest BCUT2D eigenvalue weighted by atomic mass is 35.5. The van der Waals surface area contributed by atoms with Crippen molar-refractivity contribution < 1.29 is 4.42 Å². The third-order valence-electron chi connectivity index (χ3n) is 4.37. The van der Waals surface area contributed by atoms with E-state index in [1.807, 2.05) is 78.9 Å². The molecule has 4 heteroatoms. The predicted molar refractivity (Wildman–Crippen MR) is 105 cm³/mol.